The lowest BCUT2D eigenvalue weighted by atomic mass is 10.1. The second-order valence-electron chi connectivity index (χ2n) is 5.29. The van der Waals surface area contributed by atoms with Crippen molar-refractivity contribution in [1.82, 2.24) is 9.88 Å². The second kappa shape index (κ2) is 7.85. The van der Waals surface area contributed by atoms with Gasteiger partial charge in [-0.15, -0.1) is 0 Å². The van der Waals surface area contributed by atoms with E-state index in [0.29, 0.717) is 24.7 Å². The van der Waals surface area contributed by atoms with Crippen LogP contribution in [0.15, 0.2) is 18.3 Å². The molecule has 0 aromatic carbocycles. The lowest BCUT2D eigenvalue weighted by Gasteiger charge is -2.22. The molecule has 1 unspecified atom stereocenters. The summed E-state index contributed by atoms with van der Waals surface area (Å²) in [5.74, 6) is 1.16. The first kappa shape index (κ1) is 16.4. The van der Waals surface area contributed by atoms with Crippen LogP contribution in [0.25, 0.3) is 0 Å². The van der Waals surface area contributed by atoms with Crippen LogP contribution < -0.4 is 5.32 Å². The predicted octanol–water partition coefficient (Wildman–Crippen LogP) is 2.26. The quantitative estimate of drug-likeness (QED) is 0.832. The van der Waals surface area contributed by atoms with Gasteiger partial charge in [0.05, 0.1) is 18.2 Å². The summed E-state index contributed by atoms with van der Waals surface area (Å²) in [7, 11) is 3.46. The van der Waals surface area contributed by atoms with Crippen molar-refractivity contribution < 1.29 is 9.53 Å². The van der Waals surface area contributed by atoms with Gasteiger partial charge >= 0.3 is 0 Å². The Labute approximate surface area is 121 Å². The van der Waals surface area contributed by atoms with Crippen molar-refractivity contribution in [1.29, 1.82) is 0 Å². The number of nitrogens with zero attached hydrogens (tertiary/aromatic N) is 2. The number of hydrogen-bond donors (Lipinski definition) is 1. The Balaban J connectivity index is 2.70. The molecule has 0 fully saturated rings. The Morgan fingerprint density at radius 2 is 2.10 bits per heavy atom. The van der Waals surface area contributed by atoms with Crippen LogP contribution in [-0.2, 0) is 4.74 Å². The van der Waals surface area contributed by atoms with E-state index in [1.165, 1.54) is 4.90 Å². The van der Waals surface area contributed by atoms with Gasteiger partial charge in [-0.1, -0.05) is 13.8 Å². The molecule has 1 rings (SSSR count). The number of pyridine rings is 1. The van der Waals surface area contributed by atoms with Crippen LogP contribution in [0.4, 0.5) is 5.82 Å². The topological polar surface area (TPSA) is 54.5 Å². The Hall–Kier alpha value is -1.62. The van der Waals surface area contributed by atoms with Gasteiger partial charge in [0.2, 0.25) is 0 Å². The minimum absolute atomic E-state index is 0.0428. The monoisotopic (exact) mass is 279 g/mol. The highest BCUT2D eigenvalue weighted by atomic mass is 16.5. The first-order chi connectivity index (χ1) is 9.45. The summed E-state index contributed by atoms with van der Waals surface area (Å²) < 4.78 is 5.47. The molecule has 1 atom stereocenters. The Bertz CT molecular complexity index is 416. The molecule has 1 amide bonds. The van der Waals surface area contributed by atoms with Crippen molar-refractivity contribution >= 4 is 11.7 Å². The summed E-state index contributed by atoms with van der Waals surface area (Å²) in [4.78, 5) is 17.6. The molecule has 5 nitrogen and oxygen atoms in total. The smallest absolute Gasteiger partial charge is 0.254 e. The molecule has 112 valence electrons. The number of anilines is 1. The maximum atomic E-state index is 11.8. The highest BCUT2D eigenvalue weighted by Crippen LogP contribution is 2.12. The first-order valence-electron chi connectivity index (χ1n) is 6.97. The molecule has 1 aromatic rings. The summed E-state index contributed by atoms with van der Waals surface area (Å²) in [5, 5.41) is 3.35. The second-order valence-corrected chi connectivity index (χ2v) is 5.29. The standard InChI is InChI=1S/C15H25N3O2/c1-6-20-10-13(11(2)3)17-14-8-7-12(9-16-14)15(19)18(4)5/h7-9,11,13H,6,10H2,1-5H3,(H,16,17). The van der Waals surface area contributed by atoms with Crippen molar-refractivity contribution in [3.8, 4) is 0 Å². The molecule has 0 aliphatic carbocycles. The van der Waals surface area contributed by atoms with Crippen LogP contribution in [-0.4, -0.2) is 49.1 Å². The van der Waals surface area contributed by atoms with Gasteiger partial charge in [0.1, 0.15) is 5.82 Å². The summed E-state index contributed by atoms with van der Waals surface area (Å²) in [6.07, 6.45) is 1.60. The Morgan fingerprint density at radius 1 is 1.40 bits per heavy atom. The molecule has 0 aliphatic heterocycles. The van der Waals surface area contributed by atoms with E-state index < -0.39 is 0 Å². The van der Waals surface area contributed by atoms with Gasteiger partial charge in [-0.05, 0) is 25.0 Å². The van der Waals surface area contributed by atoms with Crippen molar-refractivity contribution in [2.24, 2.45) is 5.92 Å². The van der Waals surface area contributed by atoms with Gasteiger partial charge < -0.3 is 15.0 Å². The first-order valence-corrected chi connectivity index (χ1v) is 6.97. The highest BCUT2D eigenvalue weighted by molar-refractivity contribution is 5.93. The third-order valence-electron chi connectivity index (χ3n) is 3.06. The van der Waals surface area contributed by atoms with E-state index in [2.05, 4.69) is 24.1 Å². The number of rotatable bonds is 7. The van der Waals surface area contributed by atoms with Crippen molar-refractivity contribution in [3.63, 3.8) is 0 Å². The van der Waals surface area contributed by atoms with E-state index in [-0.39, 0.29) is 11.9 Å². The Kier molecular flexibility index (Phi) is 6.45. The zero-order valence-electron chi connectivity index (χ0n) is 13.0. The average molecular weight is 279 g/mol. The van der Waals surface area contributed by atoms with Crippen LogP contribution >= 0.6 is 0 Å². The molecule has 0 bridgehead atoms. The Morgan fingerprint density at radius 3 is 2.55 bits per heavy atom. The van der Waals surface area contributed by atoms with E-state index in [0.717, 1.165) is 5.82 Å². The fourth-order valence-electron chi connectivity index (χ4n) is 1.70. The molecular formula is C15H25N3O2. The van der Waals surface area contributed by atoms with Gasteiger partial charge in [-0.25, -0.2) is 4.98 Å². The van der Waals surface area contributed by atoms with Gasteiger partial charge in [-0.2, -0.15) is 0 Å². The van der Waals surface area contributed by atoms with Gasteiger partial charge in [0.15, 0.2) is 0 Å². The van der Waals surface area contributed by atoms with Crippen molar-refractivity contribution in [2.45, 2.75) is 26.8 Å². The molecule has 20 heavy (non-hydrogen) atoms. The minimum Gasteiger partial charge on any atom is -0.380 e. The summed E-state index contributed by atoms with van der Waals surface area (Å²) in [5.41, 5.74) is 0.589. The van der Waals surface area contributed by atoms with E-state index in [1.54, 1.807) is 26.4 Å². The predicted molar refractivity (Wildman–Crippen MR) is 81.0 cm³/mol. The molecule has 5 heteroatoms. The molecule has 0 radical (unpaired) electrons. The van der Waals surface area contributed by atoms with Gasteiger partial charge in [0, 0.05) is 26.9 Å². The molecule has 1 heterocycles. The maximum Gasteiger partial charge on any atom is 0.254 e. The fourth-order valence-corrected chi connectivity index (χ4v) is 1.70. The largest absolute Gasteiger partial charge is 0.380 e. The van der Waals surface area contributed by atoms with Crippen LogP contribution in [0.1, 0.15) is 31.1 Å². The van der Waals surface area contributed by atoms with Crippen LogP contribution in [0, 0.1) is 5.92 Å². The summed E-state index contributed by atoms with van der Waals surface area (Å²) >= 11 is 0. The van der Waals surface area contributed by atoms with Crippen LogP contribution in [0.3, 0.4) is 0 Å². The number of aromatic nitrogens is 1. The van der Waals surface area contributed by atoms with Crippen LogP contribution in [0.2, 0.25) is 0 Å². The van der Waals surface area contributed by atoms with Crippen LogP contribution in [0.5, 0.6) is 0 Å². The molecule has 1 aromatic heterocycles. The van der Waals surface area contributed by atoms with Crippen molar-refractivity contribution in [2.75, 3.05) is 32.6 Å². The van der Waals surface area contributed by atoms with E-state index >= 15 is 0 Å². The number of hydrogen-bond acceptors (Lipinski definition) is 4. The normalized spacial score (nSPS) is 12.3. The lowest BCUT2D eigenvalue weighted by molar-refractivity contribution is 0.0827. The molecule has 0 spiro atoms. The molecular weight excluding hydrogens is 254 g/mol. The number of ether oxygens (including phenoxy) is 1. The summed E-state index contributed by atoms with van der Waals surface area (Å²) in [6, 6.07) is 3.83. The molecule has 0 aliphatic rings. The van der Waals surface area contributed by atoms with Gasteiger partial charge in [-0.3, -0.25) is 4.79 Å². The molecule has 1 N–H and O–H groups in total. The fraction of sp³-hybridized carbons (Fsp3) is 0.600. The maximum absolute atomic E-state index is 11.8. The van der Waals surface area contributed by atoms with Crippen molar-refractivity contribution in [3.05, 3.63) is 23.9 Å². The third-order valence-corrected chi connectivity index (χ3v) is 3.06. The minimum atomic E-state index is -0.0428. The third kappa shape index (κ3) is 4.81. The number of nitrogens with one attached hydrogen (secondary N) is 1. The van der Waals surface area contributed by atoms with E-state index in [1.807, 2.05) is 13.0 Å². The molecule has 0 saturated heterocycles. The number of carbonyl (C=O) groups is 1. The average Bonchev–Trinajstić information content (AvgIpc) is 2.42. The van der Waals surface area contributed by atoms with Gasteiger partial charge in [0.25, 0.3) is 5.91 Å². The number of amides is 1. The van der Waals surface area contributed by atoms with E-state index in [9.17, 15) is 4.79 Å². The number of carbonyl (C=O) groups excluding carboxylic acids is 1. The SMILES string of the molecule is CCOCC(Nc1ccc(C(=O)N(C)C)cn1)C(C)C. The highest BCUT2D eigenvalue weighted by Gasteiger charge is 2.14. The molecule has 0 saturated carbocycles. The summed E-state index contributed by atoms with van der Waals surface area (Å²) in [6.45, 7) is 7.61. The van der Waals surface area contributed by atoms with E-state index in [4.69, 9.17) is 4.74 Å². The zero-order chi connectivity index (χ0) is 15.1. The lowest BCUT2D eigenvalue weighted by Crippen LogP contribution is -2.31. The zero-order valence-corrected chi connectivity index (χ0v) is 13.0.